The molecular weight excluding hydrogens is 368 g/mol. The van der Waals surface area contributed by atoms with Gasteiger partial charge in [0.15, 0.2) is 0 Å². The van der Waals surface area contributed by atoms with Crippen molar-refractivity contribution < 1.29 is 8.42 Å². The third-order valence-electron chi connectivity index (χ3n) is 6.50. The van der Waals surface area contributed by atoms with E-state index in [9.17, 15) is 8.42 Å². The van der Waals surface area contributed by atoms with E-state index in [4.69, 9.17) is 0 Å². The van der Waals surface area contributed by atoms with Crippen LogP contribution in [-0.4, -0.2) is 61.9 Å². The third-order valence-corrected chi connectivity index (χ3v) is 8.10. The quantitative estimate of drug-likeness (QED) is 0.775. The smallest absolute Gasteiger partial charge is 0.150 e. The molecule has 28 heavy (non-hydrogen) atoms. The maximum Gasteiger partial charge on any atom is 0.150 e. The monoisotopic (exact) mass is 398 g/mol. The van der Waals surface area contributed by atoms with Gasteiger partial charge in [-0.05, 0) is 36.5 Å². The molecule has 2 fully saturated rings. The first-order chi connectivity index (χ1) is 13.4. The van der Waals surface area contributed by atoms with Gasteiger partial charge in [0.05, 0.1) is 11.3 Å². The van der Waals surface area contributed by atoms with Crippen molar-refractivity contribution in [3.05, 3.63) is 71.3 Å². The van der Waals surface area contributed by atoms with Gasteiger partial charge in [-0.2, -0.15) is 0 Å². The fourth-order valence-electron chi connectivity index (χ4n) is 4.66. The standard InChI is InChI=1S/C23H30N2O2S/c1-18-8-6-7-11-22(18)23(19-9-4-3-5-10-19)25-14-12-24(13-15-25)20-16-21(17-20)28(2,26)27/h3-11,20-21,23H,12-17H2,1-2H3. The number of rotatable bonds is 5. The van der Waals surface area contributed by atoms with Crippen LogP contribution in [0.2, 0.25) is 0 Å². The molecule has 0 N–H and O–H groups in total. The molecule has 1 atom stereocenters. The van der Waals surface area contributed by atoms with Gasteiger partial charge in [-0.1, -0.05) is 54.6 Å². The van der Waals surface area contributed by atoms with E-state index in [-0.39, 0.29) is 11.3 Å². The van der Waals surface area contributed by atoms with Crippen LogP contribution < -0.4 is 0 Å². The van der Waals surface area contributed by atoms with Crippen LogP contribution in [0.3, 0.4) is 0 Å². The highest BCUT2D eigenvalue weighted by Gasteiger charge is 2.40. The van der Waals surface area contributed by atoms with E-state index in [1.165, 1.54) is 22.9 Å². The third kappa shape index (κ3) is 4.02. The van der Waals surface area contributed by atoms with Crippen molar-refractivity contribution in [3.63, 3.8) is 0 Å². The molecule has 1 heterocycles. The predicted molar refractivity (Wildman–Crippen MR) is 114 cm³/mol. The van der Waals surface area contributed by atoms with E-state index in [1.54, 1.807) is 0 Å². The minimum absolute atomic E-state index is 0.125. The molecule has 0 spiro atoms. The lowest BCUT2D eigenvalue weighted by molar-refractivity contribution is 0.0509. The van der Waals surface area contributed by atoms with Crippen molar-refractivity contribution in [2.75, 3.05) is 32.4 Å². The number of aryl methyl sites for hydroxylation is 1. The Morgan fingerprint density at radius 3 is 2.11 bits per heavy atom. The van der Waals surface area contributed by atoms with Gasteiger partial charge in [-0.3, -0.25) is 9.80 Å². The lowest BCUT2D eigenvalue weighted by Crippen LogP contribution is -2.56. The first-order valence-electron chi connectivity index (χ1n) is 10.2. The second-order valence-corrected chi connectivity index (χ2v) is 10.6. The van der Waals surface area contributed by atoms with Crippen LogP contribution in [0.5, 0.6) is 0 Å². The molecule has 1 aliphatic heterocycles. The highest BCUT2D eigenvalue weighted by atomic mass is 32.2. The van der Waals surface area contributed by atoms with Crippen molar-refractivity contribution in [1.82, 2.24) is 9.80 Å². The van der Waals surface area contributed by atoms with Gasteiger partial charge in [-0.15, -0.1) is 0 Å². The van der Waals surface area contributed by atoms with Crippen molar-refractivity contribution in [1.29, 1.82) is 0 Å². The molecule has 2 aromatic rings. The number of piperazine rings is 1. The normalized spacial score (nSPS) is 25.2. The summed E-state index contributed by atoms with van der Waals surface area (Å²) < 4.78 is 23.4. The van der Waals surface area contributed by atoms with Crippen LogP contribution in [0, 0.1) is 6.92 Å². The fourth-order valence-corrected chi connectivity index (χ4v) is 5.81. The molecular formula is C23H30N2O2S. The predicted octanol–water partition coefficient (Wildman–Crippen LogP) is 3.28. The molecule has 2 aliphatic rings. The minimum Gasteiger partial charge on any atom is -0.298 e. The molecule has 1 saturated carbocycles. The first-order valence-corrected chi connectivity index (χ1v) is 12.2. The van der Waals surface area contributed by atoms with Crippen LogP contribution in [0.25, 0.3) is 0 Å². The Kier molecular flexibility index (Phi) is 5.59. The molecule has 4 rings (SSSR count). The maximum absolute atomic E-state index is 11.7. The Morgan fingerprint density at radius 1 is 0.893 bits per heavy atom. The van der Waals surface area contributed by atoms with Gasteiger partial charge in [-0.25, -0.2) is 8.42 Å². The topological polar surface area (TPSA) is 40.6 Å². The average Bonchev–Trinajstić information content (AvgIpc) is 2.63. The summed E-state index contributed by atoms with van der Waals surface area (Å²) in [6, 6.07) is 20.2. The molecule has 1 saturated heterocycles. The Morgan fingerprint density at radius 2 is 1.50 bits per heavy atom. The second-order valence-electron chi connectivity index (χ2n) is 8.32. The second kappa shape index (κ2) is 7.97. The zero-order valence-electron chi connectivity index (χ0n) is 16.8. The Bertz CT molecular complexity index is 899. The molecule has 1 unspecified atom stereocenters. The molecule has 5 heteroatoms. The van der Waals surface area contributed by atoms with Gasteiger partial charge < -0.3 is 0 Å². The summed E-state index contributed by atoms with van der Waals surface area (Å²) >= 11 is 0. The minimum atomic E-state index is -2.88. The summed E-state index contributed by atoms with van der Waals surface area (Å²) in [5.41, 5.74) is 4.04. The van der Waals surface area contributed by atoms with E-state index in [0.29, 0.717) is 6.04 Å². The maximum atomic E-state index is 11.7. The number of sulfone groups is 1. The van der Waals surface area contributed by atoms with E-state index >= 15 is 0 Å². The molecule has 2 aromatic carbocycles. The van der Waals surface area contributed by atoms with Gasteiger partial charge >= 0.3 is 0 Å². The molecule has 0 amide bonds. The highest BCUT2D eigenvalue weighted by Crippen LogP contribution is 2.34. The molecule has 1 aliphatic carbocycles. The fraction of sp³-hybridized carbons (Fsp3) is 0.478. The largest absolute Gasteiger partial charge is 0.298 e. The SMILES string of the molecule is Cc1ccccc1C(c1ccccc1)N1CCN(C2CC(S(C)(=O)=O)C2)CC1. The van der Waals surface area contributed by atoms with Gasteiger partial charge in [0.1, 0.15) is 9.84 Å². The summed E-state index contributed by atoms with van der Waals surface area (Å²) in [6.07, 6.45) is 2.98. The Hall–Kier alpha value is -1.69. The highest BCUT2D eigenvalue weighted by molar-refractivity contribution is 7.91. The van der Waals surface area contributed by atoms with Crippen molar-refractivity contribution >= 4 is 9.84 Å². The average molecular weight is 399 g/mol. The molecule has 4 nitrogen and oxygen atoms in total. The van der Waals surface area contributed by atoms with E-state index in [0.717, 1.165) is 39.0 Å². The number of hydrogen-bond acceptors (Lipinski definition) is 4. The van der Waals surface area contributed by atoms with Crippen molar-refractivity contribution in [2.45, 2.75) is 37.1 Å². The lowest BCUT2D eigenvalue weighted by atomic mass is 9.89. The molecule has 0 bridgehead atoms. The molecule has 0 radical (unpaired) electrons. The Labute approximate surface area is 169 Å². The summed E-state index contributed by atoms with van der Waals surface area (Å²) in [6.45, 7) is 6.23. The van der Waals surface area contributed by atoms with Crippen LogP contribution in [-0.2, 0) is 9.84 Å². The number of hydrogen-bond donors (Lipinski definition) is 0. The number of nitrogens with zero attached hydrogens (tertiary/aromatic N) is 2. The molecule has 0 aromatic heterocycles. The summed E-state index contributed by atoms with van der Waals surface area (Å²) in [5, 5.41) is -0.125. The van der Waals surface area contributed by atoms with E-state index in [1.807, 2.05) is 0 Å². The van der Waals surface area contributed by atoms with Crippen LogP contribution >= 0.6 is 0 Å². The van der Waals surface area contributed by atoms with E-state index < -0.39 is 9.84 Å². The van der Waals surface area contributed by atoms with Crippen molar-refractivity contribution in [3.8, 4) is 0 Å². The number of benzene rings is 2. The van der Waals surface area contributed by atoms with Gasteiger partial charge in [0.25, 0.3) is 0 Å². The Balaban J connectivity index is 1.47. The summed E-state index contributed by atoms with van der Waals surface area (Å²) in [7, 11) is -2.88. The summed E-state index contributed by atoms with van der Waals surface area (Å²) in [5.74, 6) is 0. The van der Waals surface area contributed by atoms with Crippen LogP contribution in [0.1, 0.15) is 35.6 Å². The lowest BCUT2D eigenvalue weighted by Gasteiger charge is -2.47. The first kappa shape index (κ1) is 19.6. The summed E-state index contributed by atoms with van der Waals surface area (Å²) in [4.78, 5) is 5.08. The zero-order chi connectivity index (χ0) is 19.7. The van der Waals surface area contributed by atoms with Crippen LogP contribution in [0.15, 0.2) is 54.6 Å². The van der Waals surface area contributed by atoms with E-state index in [2.05, 4.69) is 71.3 Å². The van der Waals surface area contributed by atoms with Gasteiger partial charge in [0.2, 0.25) is 0 Å². The zero-order valence-corrected chi connectivity index (χ0v) is 17.6. The van der Waals surface area contributed by atoms with Crippen molar-refractivity contribution in [2.24, 2.45) is 0 Å². The molecule has 150 valence electrons. The van der Waals surface area contributed by atoms with Crippen LogP contribution in [0.4, 0.5) is 0 Å². The van der Waals surface area contributed by atoms with Gasteiger partial charge in [0, 0.05) is 38.5 Å².